The van der Waals surface area contributed by atoms with E-state index in [1.54, 1.807) is 0 Å². The molecule has 0 aliphatic carbocycles. The summed E-state index contributed by atoms with van der Waals surface area (Å²) in [6.45, 7) is 3.19. The highest BCUT2D eigenvalue weighted by molar-refractivity contribution is 7.89. The lowest BCUT2D eigenvalue weighted by atomic mass is 10.0. The van der Waals surface area contributed by atoms with E-state index in [1.165, 1.54) is 6.92 Å². The summed E-state index contributed by atoms with van der Waals surface area (Å²) >= 11 is 0. The van der Waals surface area contributed by atoms with Crippen molar-refractivity contribution < 1.29 is 28.5 Å². The van der Waals surface area contributed by atoms with E-state index >= 15 is 0 Å². The van der Waals surface area contributed by atoms with E-state index < -0.39 is 32.9 Å². The number of hydrogen-bond donors (Lipinski definition) is 4. The number of aliphatic hydroxyl groups is 1. The van der Waals surface area contributed by atoms with Crippen LogP contribution in [-0.2, 0) is 10.0 Å². The molecule has 0 heterocycles. The van der Waals surface area contributed by atoms with E-state index in [0.717, 1.165) is 18.2 Å². The number of aromatic hydroxyl groups is 1. The third kappa shape index (κ3) is 4.69. The van der Waals surface area contributed by atoms with E-state index in [0.29, 0.717) is 12.8 Å². The van der Waals surface area contributed by atoms with Crippen molar-refractivity contribution in [2.75, 3.05) is 6.54 Å². The van der Waals surface area contributed by atoms with Gasteiger partial charge in [-0.3, -0.25) is 0 Å². The number of nitrogens with one attached hydrogen (secondary N) is 1. The predicted molar refractivity (Wildman–Crippen MR) is 75.8 cm³/mol. The third-order valence-electron chi connectivity index (χ3n) is 2.94. The Balaban J connectivity index is 2.99. The number of carboxylic acids is 1. The molecule has 0 spiro atoms. The molecule has 0 aliphatic heterocycles. The number of phenols is 1. The Morgan fingerprint density at radius 2 is 2.00 bits per heavy atom. The smallest absolute Gasteiger partial charge is 0.339 e. The first kappa shape index (κ1) is 17.4. The van der Waals surface area contributed by atoms with Gasteiger partial charge in [0.25, 0.3) is 0 Å². The monoisotopic (exact) mass is 317 g/mol. The van der Waals surface area contributed by atoms with Gasteiger partial charge in [-0.05, 0) is 31.5 Å². The van der Waals surface area contributed by atoms with Gasteiger partial charge in [-0.15, -0.1) is 0 Å². The topological polar surface area (TPSA) is 124 Å². The lowest BCUT2D eigenvalue weighted by Gasteiger charge is -2.22. The zero-order valence-corrected chi connectivity index (χ0v) is 12.6. The Morgan fingerprint density at radius 3 is 2.52 bits per heavy atom. The third-order valence-corrected chi connectivity index (χ3v) is 4.34. The summed E-state index contributed by atoms with van der Waals surface area (Å²) in [6, 6.07) is 2.97. The highest BCUT2D eigenvalue weighted by atomic mass is 32.2. The minimum Gasteiger partial charge on any atom is -0.507 e. The van der Waals surface area contributed by atoms with Gasteiger partial charge in [0.1, 0.15) is 11.3 Å². The van der Waals surface area contributed by atoms with Crippen LogP contribution in [0.4, 0.5) is 0 Å². The molecule has 1 rings (SSSR count). The molecule has 0 fully saturated rings. The Kier molecular flexibility index (Phi) is 5.32. The van der Waals surface area contributed by atoms with Crippen LogP contribution in [0.1, 0.15) is 37.0 Å². The first-order valence-electron chi connectivity index (χ1n) is 6.37. The second-order valence-electron chi connectivity index (χ2n) is 5.06. The van der Waals surface area contributed by atoms with E-state index in [4.69, 9.17) is 5.11 Å². The molecule has 0 amide bonds. The molecule has 1 atom stereocenters. The minimum absolute atomic E-state index is 0.188. The molecule has 0 aromatic heterocycles. The Morgan fingerprint density at radius 1 is 1.38 bits per heavy atom. The van der Waals surface area contributed by atoms with Gasteiger partial charge >= 0.3 is 5.97 Å². The van der Waals surface area contributed by atoms with Crippen LogP contribution in [0.3, 0.4) is 0 Å². The largest absolute Gasteiger partial charge is 0.507 e. The fraction of sp³-hybridized carbons (Fsp3) is 0.462. The number of carboxylic acid groups (broad SMARTS) is 1. The molecule has 4 N–H and O–H groups in total. The maximum Gasteiger partial charge on any atom is 0.339 e. The van der Waals surface area contributed by atoms with Gasteiger partial charge < -0.3 is 15.3 Å². The number of benzene rings is 1. The quantitative estimate of drug-likeness (QED) is 0.593. The Bertz CT molecular complexity index is 624. The number of hydrogen-bond acceptors (Lipinski definition) is 5. The molecule has 7 nitrogen and oxygen atoms in total. The van der Waals surface area contributed by atoms with Crippen molar-refractivity contribution in [1.29, 1.82) is 0 Å². The van der Waals surface area contributed by atoms with Crippen molar-refractivity contribution in [3.63, 3.8) is 0 Å². The summed E-state index contributed by atoms with van der Waals surface area (Å²) < 4.78 is 26.4. The van der Waals surface area contributed by atoms with Crippen LogP contribution in [-0.4, -0.2) is 41.9 Å². The van der Waals surface area contributed by atoms with E-state index in [-0.39, 0.29) is 11.4 Å². The van der Waals surface area contributed by atoms with Gasteiger partial charge in [0.2, 0.25) is 10.0 Å². The summed E-state index contributed by atoms with van der Waals surface area (Å²) in [5, 5.41) is 28.2. The molecule has 21 heavy (non-hydrogen) atoms. The van der Waals surface area contributed by atoms with E-state index in [9.17, 15) is 23.4 Å². The maximum absolute atomic E-state index is 12.1. The first-order chi connectivity index (χ1) is 9.59. The van der Waals surface area contributed by atoms with Gasteiger partial charge in [0.05, 0.1) is 10.5 Å². The predicted octanol–water partition coefficient (Wildman–Crippen LogP) is 0.920. The summed E-state index contributed by atoms with van der Waals surface area (Å²) in [6.07, 6.45) is 1.11. The lowest BCUT2D eigenvalue weighted by Crippen LogP contribution is -2.40. The number of rotatable bonds is 7. The summed E-state index contributed by atoms with van der Waals surface area (Å²) in [7, 11) is -3.97. The van der Waals surface area contributed by atoms with Crippen LogP contribution >= 0.6 is 0 Å². The Labute approximate surface area is 123 Å². The number of aromatic carboxylic acids is 1. The molecule has 8 heteroatoms. The molecule has 118 valence electrons. The average Bonchev–Trinajstić information content (AvgIpc) is 2.36. The number of carbonyl (C=O) groups is 1. The van der Waals surface area contributed by atoms with Crippen LogP contribution in [0.25, 0.3) is 0 Å². The Hall–Kier alpha value is -1.64. The molecule has 0 saturated carbocycles. The zero-order valence-electron chi connectivity index (χ0n) is 11.8. The van der Waals surface area contributed by atoms with Gasteiger partial charge in [-0.1, -0.05) is 13.3 Å². The molecule has 0 bridgehead atoms. The van der Waals surface area contributed by atoms with Crippen molar-refractivity contribution in [2.45, 2.75) is 37.2 Å². The van der Waals surface area contributed by atoms with Crippen LogP contribution in [0.2, 0.25) is 0 Å². The summed E-state index contributed by atoms with van der Waals surface area (Å²) in [4.78, 5) is 10.6. The van der Waals surface area contributed by atoms with Gasteiger partial charge in [0, 0.05) is 6.54 Å². The normalized spacial score (nSPS) is 14.6. The van der Waals surface area contributed by atoms with Gasteiger partial charge in [-0.2, -0.15) is 0 Å². The molecule has 1 aromatic carbocycles. The second-order valence-corrected chi connectivity index (χ2v) is 6.82. The van der Waals surface area contributed by atoms with Crippen LogP contribution in [0.5, 0.6) is 5.75 Å². The summed E-state index contributed by atoms with van der Waals surface area (Å²) in [5.41, 5.74) is -1.69. The molecule has 0 saturated heterocycles. The van der Waals surface area contributed by atoms with E-state index in [1.807, 2.05) is 6.92 Å². The minimum atomic E-state index is -3.97. The number of sulfonamides is 1. The van der Waals surface area contributed by atoms with E-state index in [2.05, 4.69) is 4.72 Å². The fourth-order valence-corrected chi connectivity index (χ4v) is 3.00. The van der Waals surface area contributed by atoms with Crippen molar-refractivity contribution in [2.24, 2.45) is 0 Å². The van der Waals surface area contributed by atoms with Crippen molar-refractivity contribution in [3.8, 4) is 5.75 Å². The molecular formula is C13H19NO6S. The average molecular weight is 317 g/mol. The van der Waals surface area contributed by atoms with Crippen molar-refractivity contribution in [1.82, 2.24) is 4.72 Å². The molecule has 1 aromatic rings. The van der Waals surface area contributed by atoms with Crippen LogP contribution in [0, 0.1) is 0 Å². The highest BCUT2D eigenvalue weighted by Crippen LogP contribution is 2.21. The molecule has 0 radical (unpaired) electrons. The second kappa shape index (κ2) is 6.42. The molecule has 1 unspecified atom stereocenters. The standard InChI is InChI=1S/C13H19NO6S/c1-3-6-13(2,18)8-14-21(19,20)9-4-5-11(15)10(7-9)12(16)17/h4-5,7,14-15,18H,3,6,8H2,1-2H3,(H,16,17). The highest BCUT2D eigenvalue weighted by Gasteiger charge is 2.24. The first-order valence-corrected chi connectivity index (χ1v) is 7.86. The van der Waals surface area contributed by atoms with Crippen molar-refractivity contribution >= 4 is 16.0 Å². The lowest BCUT2D eigenvalue weighted by molar-refractivity contribution is 0.0554. The zero-order chi connectivity index (χ0) is 16.3. The molecular weight excluding hydrogens is 298 g/mol. The van der Waals surface area contributed by atoms with Gasteiger partial charge in [0.15, 0.2) is 0 Å². The van der Waals surface area contributed by atoms with Crippen molar-refractivity contribution in [3.05, 3.63) is 23.8 Å². The van der Waals surface area contributed by atoms with Crippen LogP contribution in [0.15, 0.2) is 23.1 Å². The van der Waals surface area contributed by atoms with Gasteiger partial charge in [-0.25, -0.2) is 17.9 Å². The summed E-state index contributed by atoms with van der Waals surface area (Å²) in [5.74, 6) is -1.94. The van der Waals surface area contributed by atoms with Crippen LogP contribution < -0.4 is 4.72 Å². The maximum atomic E-state index is 12.1. The fourth-order valence-electron chi connectivity index (χ4n) is 1.81. The molecule has 0 aliphatic rings. The SMILES string of the molecule is CCCC(C)(O)CNS(=O)(=O)c1ccc(O)c(C(=O)O)c1.